The van der Waals surface area contributed by atoms with E-state index in [1.807, 2.05) is 37.2 Å². The zero-order valence-corrected chi connectivity index (χ0v) is 12.0. The van der Waals surface area contributed by atoms with Gasteiger partial charge >= 0.3 is 0 Å². The number of thioether (sulfide) groups is 1. The number of aromatic nitrogens is 2. The minimum Gasteiger partial charge on any atom is -0.353 e. The maximum atomic E-state index is 6.13. The zero-order valence-electron chi connectivity index (χ0n) is 10.4. The summed E-state index contributed by atoms with van der Waals surface area (Å²) in [6, 6.07) is 10.2. The predicted octanol–water partition coefficient (Wildman–Crippen LogP) is 2.40. The van der Waals surface area contributed by atoms with Gasteiger partial charge in [-0.1, -0.05) is 53.4 Å². The van der Waals surface area contributed by atoms with Gasteiger partial charge in [0.1, 0.15) is 0 Å². The first-order chi connectivity index (χ1) is 8.66. The van der Waals surface area contributed by atoms with E-state index in [1.165, 1.54) is 0 Å². The van der Waals surface area contributed by atoms with Crippen molar-refractivity contribution in [3.8, 4) is 0 Å². The molecule has 1 aromatic heterocycles. The van der Waals surface area contributed by atoms with Gasteiger partial charge < -0.3 is 10.6 Å². The van der Waals surface area contributed by atoms with Crippen molar-refractivity contribution in [3.05, 3.63) is 35.9 Å². The molecule has 0 fully saturated rings. The summed E-state index contributed by atoms with van der Waals surface area (Å²) in [5, 5.41) is 9.16. The first kappa shape index (κ1) is 13.3. The van der Waals surface area contributed by atoms with E-state index < -0.39 is 0 Å². The highest BCUT2D eigenvalue weighted by atomic mass is 32.2. The van der Waals surface area contributed by atoms with E-state index in [9.17, 15) is 0 Å². The van der Waals surface area contributed by atoms with E-state index in [-0.39, 0.29) is 6.04 Å². The Morgan fingerprint density at radius 1 is 1.28 bits per heavy atom. The maximum absolute atomic E-state index is 6.13. The van der Waals surface area contributed by atoms with Crippen LogP contribution in [0.15, 0.2) is 34.7 Å². The summed E-state index contributed by atoms with van der Waals surface area (Å²) in [6.07, 6.45) is 0. The van der Waals surface area contributed by atoms with E-state index in [0.717, 1.165) is 20.8 Å². The van der Waals surface area contributed by atoms with Gasteiger partial charge in [0.2, 0.25) is 5.13 Å². The minimum absolute atomic E-state index is 0.0305. The van der Waals surface area contributed by atoms with Crippen LogP contribution in [0.3, 0.4) is 0 Å². The van der Waals surface area contributed by atoms with Gasteiger partial charge in [0, 0.05) is 25.9 Å². The molecule has 0 aliphatic carbocycles. The Bertz CT molecular complexity index is 484. The van der Waals surface area contributed by atoms with Crippen LogP contribution in [0.4, 0.5) is 5.13 Å². The molecular formula is C12H16N4S2. The van der Waals surface area contributed by atoms with E-state index in [2.05, 4.69) is 22.3 Å². The summed E-state index contributed by atoms with van der Waals surface area (Å²) in [6.45, 7) is 0. The third-order valence-electron chi connectivity index (χ3n) is 2.39. The second-order valence-corrected chi connectivity index (χ2v) is 6.30. The molecule has 2 aromatic rings. The van der Waals surface area contributed by atoms with Crippen molar-refractivity contribution in [2.45, 2.75) is 10.4 Å². The van der Waals surface area contributed by atoms with E-state index >= 15 is 0 Å². The average molecular weight is 280 g/mol. The van der Waals surface area contributed by atoms with E-state index in [4.69, 9.17) is 5.73 Å². The molecule has 1 aromatic carbocycles. The molecule has 0 saturated heterocycles. The third kappa shape index (κ3) is 3.44. The van der Waals surface area contributed by atoms with Crippen LogP contribution in [0.1, 0.15) is 11.6 Å². The lowest BCUT2D eigenvalue weighted by Crippen LogP contribution is -2.12. The second-order valence-electron chi connectivity index (χ2n) is 4.07. The van der Waals surface area contributed by atoms with E-state index in [1.54, 1.807) is 23.1 Å². The fourth-order valence-electron chi connectivity index (χ4n) is 1.40. The molecule has 2 rings (SSSR count). The molecule has 0 amide bonds. The maximum Gasteiger partial charge on any atom is 0.208 e. The number of hydrogen-bond donors (Lipinski definition) is 1. The highest BCUT2D eigenvalue weighted by Crippen LogP contribution is 2.29. The first-order valence-electron chi connectivity index (χ1n) is 5.61. The standard InChI is InChI=1S/C12H16N4S2/c1-16(2)11-14-15-12(18-11)17-8-10(13)9-6-4-3-5-7-9/h3-7,10H,8,13H2,1-2H3. The van der Waals surface area contributed by atoms with Crippen LogP contribution in [0, 0.1) is 0 Å². The number of nitrogens with zero attached hydrogens (tertiary/aromatic N) is 3. The second kappa shape index (κ2) is 6.17. The zero-order chi connectivity index (χ0) is 13.0. The third-order valence-corrected chi connectivity index (χ3v) is 4.74. The smallest absolute Gasteiger partial charge is 0.208 e. The highest BCUT2D eigenvalue weighted by molar-refractivity contribution is 8.01. The summed E-state index contributed by atoms with van der Waals surface area (Å²) in [5.74, 6) is 0.812. The Balaban J connectivity index is 1.91. The van der Waals surface area contributed by atoms with Gasteiger partial charge in [-0.15, -0.1) is 10.2 Å². The summed E-state index contributed by atoms with van der Waals surface area (Å²) < 4.78 is 0.963. The fourth-order valence-corrected chi connectivity index (χ4v) is 3.18. The van der Waals surface area contributed by atoms with Crippen molar-refractivity contribution in [2.75, 3.05) is 24.7 Å². The molecular weight excluding hydrogens is 264 g/mol. The van der Waals surface area contributed by atoms with Gasteiger partial charge in [0.15, 0.2) is 4.34 Å². The molecule has 1 atom stereocenters. The van der Waals surface area contributed by atoms with Crippen LogP contribution in [0.5, 0.6) is 0 Å². The van der Waals surface area contributed by atoms with Crippen LogP contribution in [-0.4, -0.2) is 30.0 Å². The predicted molar refractivity (Wildman–Crippen MR) is 78.3 cm³/mol. The molecule has 0 aliphatic heterocycles. The molecule has 2 N–H and O–H groups in total. The lowest BCUT2D eigenvalue weighted by molar-refractivity contribution is 0.830. The topological polar surface area (TPSA) is 55.0 Å². The summed E-state index contributed by atoms with van der Waals surface area (Å²) in [7, 11) is 3.93. The molecule has 18 heavy (non-hydrogen) atoms. The fraction of sp³-hybridized carbons (Fsp3) is 0.333. The van der Waals surface area contributed by atoms with Crippen LogP contribution < -0.4 is 10.6 Å². The van der Waals surface area contributed by atoms with E-state index in [0.29, 0.717) is 0 Å². The Morgan fingerprint density at radius 2 is 2.00 bits per heavy atom. The summed E-state index contributed by atoms with van der Waals surface area (Å²) in [5.41, 5.74) is 7.29. The molecule has 0 bridgehead atoms. The molecule has 0 saturated carbocycles. The Kier molecular flexibility index (Phi) is 4.57. The Morgan fingerprint density at radius 3 is 2.61 bits per heavy atom. The molecule has 0 spiro atoms. The average Bonchev–Trinajstić information content (AvgIpc) is 2.86. The number of anilines is 1. The largest absolute Gasteiger partial charge is 0.353 e. The Hall–Kier alpha value is -1.11. The van der Waals surface area contributed by atoms with Crippen LogP contribution in [0.2, 0.25) is 0 Å². The molecule has 6 heteroatoms. The molecule has 1 heterocycles. The number of nitrogens with two attached hydrogens (primary N) is 1. The summed E-state index contributed by atoms with van der Waals surface area (Å²) in [4.78, 5) is 1.96. The molecule has 96 valence electrons. The van der Waals surface area contributed by atoms with Crippen LogP contribution in [-0.2, 0) is 0 Å². The summed E-state index contributed by atoms with van der Waals surface area (Å²) >= 11 is 3.24. The van der Waals surface area contributed by atoms with Gasteiger partial charge in [-0.25, -0.2) is 0 Å². The quantitative estimate of drug-likeness (QED) is 0.852. The first-order valence-corrected chi connectivity index (χ1v) is 7.41. The van der Waals surface area contributed by atoms with Gasteiger partial charge in [0.05, 0.1) is 0 Å². The monoisotopic (exact) mass is 280 g/mol. The van der Waals surface area contributed by atoms with Crippen molar-refractivity contribution >= 4 is 28.2 Å². The number of benzene rings is 1. The van der Waals surface area contributed by atoms with Gasteiger partial charge in [-0.2, -0.15) is 0 Å². The lowest BCUT2D eigenvalue weighted by atomic mass is 10.1. The van der Waals surface area contributed by atoms with Crippen LogP contribution in [0.25, 0.3) is 0 Å². The highest BCUT2D eigenvalue weighted by Gasteiger charge is 2.10. The molecule has 4 nitrogen and oxygen atoms in total. The minimum atomic E-state index is 0.0305. The van der Waals surface area contributed by atoms with Gasteiger partial charge in [-0.3, -0.25) is 0 Å². The number of rotatable bonds is 5. The van der Waals surface area contributed by atoms with Crippen molar-refractivity contribution in [1.82, 2.24) is 10.2 Å². The van der Waals surface area contributed by atoms with Crippen molar-refractivity contribution < 1.29 is 0 Å². The van der Waals surface area contributed by atoms with Gasteiger partial charge in [0.25, 0.3) is 0 Å². The molecule has 0 radical (unpaired) electrons. The molecule has 1 unspecified atom stereocenters. The number of hydrogen-bond acceptors (Lipinski definition) is 6. The normalized spacial score (nSPS) is 12.4. The molecule has 0 aliphatic rings. The van der Waals surface area contributed by atoms with Crippen molar-refractivity contribution in [1.29, 1.82) is 0 Å². The van der Waals surface area contributed by atoms with Crippen LogP contribution >= 0.6 is 23.1 Å². The van der Waals surface area contributed by atoms with Crippen molar-refractivity contribution in [2.24, 2.45) is 5.73 Å². The lowest BCUT2D eigenvalue weighted by Gasteiger charge is -2.09. The Labute approximate surface area is 115 Å². The van der Waals surface area contributed by atoms with Crippen molar-refractivity contribution in [3.63, 3.8) is 0 Å². The SMILES string of the molecule is CN(C)c1nnc(SCC(N)c2ccccc2)s1. The van der Waals surface area contributed by atoms with Gasteiger partial charge in [-0.05, 0) is 5.56 Å².